The van der Waals surface area contributed by atoms with Gasteiger partial charge in [-0.25, -0.2) is 4.39 Å². The Morgan fingerprint density at radius 2 is 1.80 bits per heavy atom. The second-order valence-electron chi connectivity index (χ2n) is 3.35. The zero-order valence-electron chi connectivity index (χ0n) is 8.02. The molecule has 0 saturated heterocycles. The Kier molecular flexibility index (Phi) is 2.63. The molecule has 0 bridgehead atoms. The summed E-state index contributed by atoms with van der Waals surface area (Å²) >= 11 is 0. The average Bonchev–Trinajstić information content (AvgIpc) is 2.17. The smallest absolute Gasteiger partial charge is 0.127 e. The van der Waals surface area contributed by atoms with Crippen molar-refractivity contribution in [3.8, 4) is 5.75 Å². The van der Waals surface area contributed by atoms with Crippen molar-refractivity contribution >= 4 is 0 Å². The Hall–Kier alpha value is -1.90. The minimum atomic E-state index is -0.418. The van der Waals surface area contributed by atoms with Gasteiger partial charge in [0.15, 0.2) is 0 Å². The third-order valence-electron chi connectivity index (χ3n) is 2.10. The first kappa shape index (κ1) is 9.65. The molecule has 0 fully saturated rings. The van der Waals surface area contributed by atoms with E-state index < -0.39 is 5.82 Å². The van der Waals surface area contributed by atoms with E-state index in [1.807, 2.05) is 12.1 Å². The van der Waals surface area contributed by atoms with Crippen molar-refractivity contribution in [2.24, 2.45) is 0 Å². The zero-order chi connectivity index (χ0) is 10.7. The molecule has 76 valence electrons. The predicted molar refractivity (Wildman–Crippen MR) is 55.1 cm³/mol. The fourth-order valence-electron chi connectivity index (χ4n) is 1.47. The van der Waals surface area contributed by atoms with Gasteiger partial charge in [0.25, 0.3) is 0 Å². The SMILES string of the molecule is Oc1cc(F)cc(Cc2ccncc2)c1. The molecule has 1 aromatic carbocycles. The fraction of sp³-hybridized carbons (Fsp3) is 0.0833. The Labute approximate surface area is 87.0 Å². The van der Waals surface area contributed by atoms with E-state index in [4.69, 9.17) is 0 Å². The van der Waals surface area contributed by atoms with Crippen molar-refractivity contribution in [3.05, 3.63) is 59.7 Å². The van der Waals surface area contributed by atoms with Crippen molar-refractivity contribution in [1.82, 2.24) is 4.98 Å². The maximum absolute atomic E-state index is 13.0. The molecule has 2 nitrogen and oxygen atoms in total. The molecular formula is C12H10FNO. The molecule has 15 heavy (non-hydrogen) atoms. The molecule has 0 atom stereocenters. The lowest BCUT2D eigenvalue weighted by Gasteiger charge is -2.02. The van der Waals surface area contributed by atoms with E-state index in [9.17, 15) is 9.50 Å². The molecule has 0 aliphatic carbocycles. The van der Waals surface area contributed by atoms with Gasteiger partial charge >= 0.3 is 0 Å². The highest BCUT2D eigenvalue weighted by Crippen LogP contribution is 2.17. The maximum Gasteiger partial charge on any atom is 0.127 e. The number of hydrogen-bond acceptors (Lipinski definition) is 2. The van der Waals surface area contributed by atoms with Crippen LogP contribution in [-0.4, -0.2) is 10.1 Å². The Morgan fingerprint density at radius 1 is 1.07 bits per heavy atom. The molecule has 1 heterocycles. The van der Waals surface area contributed by atoms with E-state index in [0.29, 0.717) is 6.42 Å². The number of hydrogen-bond donors (Lipinski definition) is 1. The van der Waals surface area contributed by atoms with E-state index >= 15 is 0 Å². The van der Waals surface area contributed by atoms with Crippen molar-refractivity contribution in [3.63, 3.8) is 0 Å². The van der Waals surface area contributed by atoms with Gasteiger partial charge in [-0.05, 0) is 41.8 Å². The minimum Gasteiger partial charge on any atom is -0.508 e. The van der Waals surface area contributed by atoms with E-state index in [0.717, 1.165) is 17.2 Å². The molecule has 0 radical (unpaired) electrons. The van der Waals surface area contributed by atoms with Crippen LogP contribution in [0.15, 0.2) is 42.7 Å². The summed E-state index contributed by atoms with van der Waals surface area (Å²) in [4.78, 5) is 3.90. The summed E-state index contributed by atoms with van der Waals surface area (Å²) in [6, 6.07) is 7.80. The molecule has 2 aromatic rings. The van der Waals surface area contributed by atoms with Crippen LogP contribution < -0.4 is 0 Å². The highest BCUT2D eigenvalue weighted by Gasteiger charge is 2.00. The van der Waals surface area contributed by atoms with Crippen LogP contribution in [-0.2, 0) is 6.42 Å². The van der Waals surface area contributed by atoms with Gasteiger partial charge in [0.1, 0.15) is 11.6 Å². The molecule has 0 aliphatic rings. The van der Waals surface area contributed by atoms with Gasteiger partial charge in [-0.1, -0.05) is 0 Å². The van der Waals surface area contributed by atoms with Gasteiger partial charge < -0.3 is 5.11 Å². The lowest BCUT2D eigenvalue weighted by molar-refractivity contribution is 0.468. The monoisotopic (exact) mass is 203 g/mol. The van der Waals surface area contributed by atoms with Crippen LogP contribution in [0.2, 0.25) is 0 Å². The molecule has 1 N–H and O–H groups in total. The molecule has 0 saturated carbocycles. The topological polar surface area (TPSA) is 33.1 Å². The lowest BCUT2D eigenvalue weighted by atomic mass is 10.1. The lowest BCUT2D eigenvalue weighted by Crippen LogP contribution is -1.89. The quantitative estimate of drug-likeness (QED) is 0.813. The normalized spacial score (nSPS) is 10.2. The number of rotatable bonds is 2. The third kappa shape index (κ3) is 2.53. The maximum atomic E-state index is 13.0. The van der Waals surface area contributed by atoms with Gasteiger partial charge in [0.2, 0.25) is 0 Å². The van der Waals surface area contributed by atoms with Crippen molar-refractivity contribution in [2.75, 3.05) is 0 Å². The van der Waals surface area contributed by atoms with Crippen LogP contribution in [0, 0.1) is 5.82 Å². The van der Waals surface area contributed by atoms with Crippen molar-refractivity contribution in [1.29, 1.82) is 0 Å². The molecule has 3 heteroatoms. The summed E-state index contributed by atoms with van der Waals surface area (Å²) in [5, 5.41) is 9.22. The van der Waals surface area contributed by atoms with Crippen LogP contribution in [0.5, 0.6) is 5.75 Å². The second kappa shape index (κ2) is 4.09. The molecule has 0 aliphatic heterocycles. The van der Waals surface area contributed by atoms with Crippen LogP contribution in [0.3, 0.4) is 0 Å². The molecule has 0 spiro atoms. The summed E-state index contributed by atoms with van der Waals surface area (Å²) in [7, 11) is 0. The fourth-order valence-corrected chi connectivity index (χ4v) is 1.47. The second-order valence-corrected chi connectivity index (χ2v) is 3.35. The van der Waals surface area contributed by atoms with Crippen molar-refractivity contribution in [2.45, 2.75) is 6.42 Å². The number of nitrogens with zero attached hydrogens (tertiary/aromatic N) is 1. The molecular weight excluding hydrogens is 193 g/mol. The van der Waals surface area contributed by atoms with E-state index in [1.165, 1.54) is 6.07 Å². The predicted octanol–water partition coefficient (Wildman–Crippen LogP) is 2.52. The first-order chi connectivity index (χ1) is 7.24. The Bertz CT molecular complexity index is 436. The van der Waals surface area contributed by atoms with Gasteiger partial charge in [-0.15, -0.1) is 0 Å². The first-order valence-electron chi connectivity index (χ1n) is 4.61. The summed E-state index contributed by atoms with van der Waals surface area (Å²) in [6.07, 6.45) is 3.97. The Balaban J connectivity index is 2.25. The van der Waals surface area contributed by atoms with Crippen molar-refractivity contribution < 1.29 is 9.50 Å². The summed E-state index contributed by atoms with van der Waals surface area (Å²) in [5.74, 6) is -0.460. The number of benzene rings is 1. The third-order valence-corrected chi connectivity index (χ3v) is 2.10. The number of aromatic nitrogens is 1. The summed E-state index contributed by atoms with van der Waals surface area (Å²) in [6.45, 7) is 0. The van der Waals surface area contributed by atoms with Gasteiger partial charge in [0, 0.05) is 18.5 Å². The van der Waals surface area contributed by atoms with Gasteiger partial charge in [-0.3, -0.25) is 4.98 Å². The first-order valence-corrected chi connectivity index (χ1v) is 4.61. The standard InChI is InChI=1S/C12H10FNO/c13-11-6-10(7-12(15)8-11)5-9-1-3-14-4-2-9/h1-4,6-8,15H,5H2. The zero-order valence-corrected chi connectivity index (χ0v) is 8.02. The molecule has 0 unspecified atom stereocenters. The summed E-state index contributed by atoms with van der Waals surface area (Å²) < 4.78 is 13.0. The van der Waals surface area contributed by atoms with E-state index in [2.05, 4.69) is 4.98 Å². The number of pyridine rings is 1. The number of aromatic hydroxyl groups is 1. The molecule has 1 aromatic heterocycles. The highest BCUT2D eigenvalue weighted by molar-refractivity contribution is 5.32. The molecule has 0 amide bonds. The van der Waals surface area contributed by atoms with Crippen LogP contribution in [0.1, 0.15) is 11.1 Å². The number of phenolic OH excluding ortho intramolecular Hbond substituents is 1. The van der Waals surface area contributed by atoms with Crippen LogP contribution in [0.25, 0.3) is 0 Å². The van der Waals surface area contributed by atoms with Gasteiger partial charge in [-0.2, -0.15) is 0 Å². The molecule has 2 rings (SSSR count). The van der Waals surface area contributed by atoms with E-state index in [1.54, 1.807) is 18.5 Å². The minimum absolute atomic E-state index is 0.0425. The number of phenols is 1. The van der Waals surface area contributed by atoms with Crippen LogP contribution in [0.4, 0.5) is 4.39 Å². The number of halogens is 1. The average molecular weight is 203 g/mol. The van der Waals surface area contributed by atoms with Crippen LogP contribution >= 0.6 is 0 Å². The highest BCUT2D eigenvalue weighted by atomic mass is 19.1. The Morgan fingerprint density at radius 3 is 2.47 bits per heavy atom. The largest absolute Gasteiger partial charge is 0.508 e. The van der Waals surface area contributed by atoms with Gasteiger partial charge in [0.05, 0.1) is 0 Å². The summed E-state index contributed by atoms with van der Waals surface area (Å²) in [5.41, 5.74) is 1.79. The van der Waals surface area contributed by atoms with E-state index in [-0.39, 0.29) is 5.75 Å².